The van der Waals surface area contributed by atoms with E-state index in [9.17, 15) is 9.59 Å². The standard InChI is InChI=1S/C20H21ClN2O2S/c1-5-9-22-19(24)18(26-20(22)25)11-15-10-12(2)23(14(15)4)17-8-6-7-16(21)13(17)3/h6-8,10-11H,5,9H2,1-4H3/b18-11+. The average Bonchev–Trinajstić information content (AvgIpc) is 3.01. The van der Waals surface area contributed by atoms with Crippen molar-refractivity contribution >= 4 is 40.6 Å². The highest BCUT2D eigenvalue weighted by Crippen LogP contribution is 2.34. The van der Waals surface area contributed by atoms with Crippen LogP contribution in [-0.2, 0) is 4.79 Å². The van der Waals surface area contributed by atoms with Crippen LogP contribution in [-0.4, -0.2) is 27.2 Å². The van der Waals surface area contributed by atoms with Gasteiger partial charge in [-0.25, -0.2) is 0 Å². The van der Waals surface area contributed by atoms with E-state index >= 15 is 0 Å². The molecule has 1 aromatic carbocycles. The lowest BCUT2D eigenvalue weighted by atomic mass is 10.2. The molecular weight excluding hydrogens is 368 g/mol. The van der Waals surface area contributed by atoms with E-state index in [1.54, 1.807) is 0 Å². The summed E-state index contributed by atoms with van der Waals surface area (Å²) in [5, 5.41) is 0.528. The topological polar surface area (TPSA) is 42.3 Å². The van der Waals surface area contributed by atoms with Crippen molar-refractivity contribution in [3.05, 3.63) is 56.7 Å². The summed E-state index contributed by atoms with van der Waals surface area (Å²) in [6.45, 7) is 8.44. The number of carbonyl (C=O) groups is 2. The fraction of sp³-hybridized carbons (Fsp3) is 0.300. The zero-order chi connectivity index (χ0) is 19.0. The van der Waals surface area contributed by atoms with Crippen molar-refractivity contribution in [2.75, 3.05) is 6.54 Å². The molecule has 2 aromatic rings. The Bertz CT molecular complexity index is 930. The second-order valence-electron chi connectivity index (χ2n) is 6.38. The van der Waals surface area contributed by atoms with Crippen LogP contribution in [0, 0.1) is 20.8 Å². The molecule has 4 nitrogen and oxygen atoms in total. The molecule has 0 spiro atoms. The van der Waals surface area contributed by atoms with Gasteiger partial charge in [-0.3, -0.25) is 14.5 Å². The van der Waals surface area contributed by atoms with Gasteiger partial charge < -0.3 is 4.57 Å². The summed E-state index contributed by atoms with van der Waals surface area (Å²) in [6, 6.07) is 7.86. The molecule has 1 aliphatic heterocycles. The number of halogens is 1. The molecule has 0 saturated carbocycles. The second kappa shape index (κ2) is 7.33. The van der Waals surface area contributed by atoms with Crippen LogP contribution in [0.25, 0.3) is 11.8 Å². The first kappa shape index (κ1) is 18.8. The van der Waals surface area contributed by atoms with Crippen molar-refractivity contribution in [1.82, 2.24) is 9.47 Å². The van der Waals surface area contributed by atoms with Crippen LogP contribution in [0.2, 0.25) is 5.02 Å². The molecule has 0 N–H and O–H groups in total. The molecule has 1 fully saturated rings. The predicted octanol–water partition coefficient (Wildman–Crippen LogP) is 5.50. The van der Waals surface area contributed by atoms with Crippen molar-refractivity contribution in [3.63, 3.8) is 0 Å². The summed E-state index contributed by atoms with van der Waals surface area (Å²) in [7, 11) is 0. The normalized spacial score (nSPS) is 16.2. The fourth-order valence-electron chi connectivity index (χ4n) is 3.20. The van der Waals surface area contributed by atoms with Gasteiger partial charge in [-0.1, -0.05) is 24.6 Å². The van der Waals surface area contributed by atoms with Crippen LogP contribution < -0.4 is 0 Å². The minimum absolute atomic E-state index is 0.192. The van der Waals surface area contributed by atoms with Gasteiger partial charge in [0.1, 0.15) is 0 Å². The van der Waals surface area contributed by atoms with Crippen LogP contribution in [0.4, 0.5) is 4.79 Å². The zero-order valence-corrected chi connectivity index (χ0v) is 16.9. The number of nitrogens with zero attached hydrogens (tertiary/aromatic N) is 2. The number of thioether (sulfide) groups is 1. The third-order valence-corrected chi connectivity index (χ3v) is 5.87. The van der Waals surface area contributed by atoms with Gasteiger partial charge in [-0.15, -0.1) is 0 Å². The Balaban J connectivity index is 2.03. The van der Waals surface area contributed by atoms with Gasteiger partial charge in [0.15, 0.2) is 0 Å². The number of aromatic nitrogens is 1. The molecule has 0 bridgehead atoms. The van der Waals surface area contributed by atoms with Gasteiger partial charge in [0, 0.05) is 28.6 Å². The number of hydrogen-bond acceptors (Lipinski definition) is 3. The zero-order valence-electron chi connectivity index (χ0n) is 15.3. The summed E-state index contributed by atoms with van der Waals surface area (Å²) in [4.78, 5) is 26.3. The molecule has 2 amide bonds. The van der Waals surface area contributed by atoms with E-state index in [2.05, 4.69) is 4.57 Å². The van der Waals surface area contributed by atoms with E-state index < -0.39 is 0 Å². The van der Waals surface area contributed by atoms with E-state index in [1.807, 2.05) is 58.0 Å². The van der Waals surface area contributed by atoms with E-state index in [4.69, 9.17) is 11.6 Å². The third kappa shape index (κ3) is 3.21. The molecule has 1 aromatic heterocycles. The highest BCUT2D eigenvalue weighted by Gasteiger charge is 2.34. The van der Waals surface area contributed by atoms with E-state index in [0.717, 1.165) is 51.4 Å². The lowest BCUT2D eigenvalue weighted by Gasteiger charge is -2.13. The van der Waals surface area contributed by atoms with E-state index in [0.29, 0.717) is 11.4 Å². The maximum atomic E-state index is 12.5. The Morgan fingerprint density at radius 3 is 2.62 bits per heavy atom. The van der Waals surface area contributed by atoms with Gasteiger partial charge in [-0.2, -0.15) is 0 Å². The van der Waals surface area contributed by atoms with Crippen LogP contribution in [0.5, 0.6) is 0 Å². The van der Waals surface area contributed by atoms with Crippen LogP contribution in [0.1, 0.15) is 35.9 Å². The summed E-state index contributed by atoms with van der Waals surface area (Å²) in [5.74, 6) is -0.203. The molecular formula is C20H21ClN2O2S. The number of benzene rings is 1. The SMILES string of the molecule is CCCN1C(=O)S/C(=C/c2cc(C)n(-c3cccc(Cl)c3C)c2C)C1=O. The van der Waals surface area contributed by atoms with Gasteiger partial charge in [0.25, 0.3) is 11.1 Å². The lowest BCUT2D eigenvalue weighted by molar-refractivity contribution is -0.122. The van der Waals surface area contributed by atoms with Crippen LogP contribution in [0.15, 0.2) is 29.2 Å². The smallest absolute Gasteiger partial charge is 0.293 e. The summed E-state index contributed by atoms with van der Waals surface area (Å²) in [5.41, 5.74) is 5.02. The fourth-order valence-corrected chi connectivity index (χ4v) is 4.23. The van der Waals surface area contributed by atoms with Gasteiger partial charge in [0.2, 0.25) is 0 Å². The highest BCUT2D eigenvalue weighted by atomic mass is 35.5. The van der Waals surface area contributed by atoms with Crippen molar-refractivity contribution < 1.29 is 9.59 Å². The number of hydrogen-bond donors (Lipinski definition) is 0. The predicted molar refractivity (Wildman–Crippen MR) is 108 cm³/mol. The van der Waals surface area contributed by atoms with Gasteiger partial charge in [0.05, 0.1) is 4.91 Å². The average molecular weight is 389 g/mol. The van der Waals surface area contributed by atoms with Crippen LogP contribution >= 0.6 is 23.4 Å². The number of carbonyl (C=O) groups excluding carboxylic acids is 2. The maximum Gasteiger partial charge on any atom is 0.293 e. The quantitative estimate of drug-likeness (QED) is 0.649. The molecule has 26 heavy (non-hydrogen) atoms. The molecule has 3 rings (SSSR count). The first-order chi connectivity index (χ1) is 12.3. The summed E-state index contributed by atoms with van der Waals surface area (Å²) < 4.78 is 2.13. The van der Waals surface area contributed by atoms with Crippen molar-refractivity contribution in [2.24, 2.45) is 0 Å². The van der Waals surface area contributed by atoms with E-state index in [1.165, 1.54) is 4.90 Å². The first-order valence-corrected chi connectivity index (χ1v) is 9.74. The number of rotatable bonds is 4. The third-order valence-electron chi connectivity index (χ3n) is 4.56. The minimum atomic E-state index is -0.203. The Labute approximate surface area is 162 Å². The summed E-state index contributed by atoms with van der Waals surface area (Å²) >= 11 is 7.29. The molecule has 0 radical (unpaired) electrons. The molecule has 0 aliphatic carbocycles. The van der Waals surface area contributed by atoms with Crippen molar-refractivity contribution in [3.8, 4) is 5.69 Å². The van der Waals surface area contributed by atoms with Crippen LogP contribution in [0.3, 0.4) is 0 Å². The number of imide groups is 1. The monoisotopic (exact) mass is 388 g/mol. The molecule has 1 aliphatic rings. The molecule has 0 atom stereocenters. The molecule has 136 valence electrons. The molecule has 1 saturated heterocycles. The molecule has 2 heterocycles. The Morgan fingerprint density at radius 2 is 1.92 bits per heavy atom. The first-order valence-electron chi connectivity index (χ1n) is 8.55. The largest absolute Gasteiger partial charge is 0.318 e. The van der Waals surface area contributed by atoms with Gasteiger partial charge in [-0.05, 0) is 74.4 Å². The lowest BCUT2D eigenvalue weighted by Crippen LogP contribution is -2.28. The Morgan fingerprint density at radius 1 is 1.19 bits per heavy atom. The molecule has 6 heteroatoms. The Kier molecular flexibility index (Phi) is 5.30. The highest BCUT2D eigenvalue weighted by molar-refractivity contribution is 8.18. The maximum absolute atomic E-state index is 12.5. The molecule has 0 unspecified atom stereocenters. The number of amides is 2. The second-order valence-corrected chi connectivity index (χ2v) is 7.78. The minimum Gasteiger partial charge on any atom is -0.318 e. The van der Waals surface area contributed by atoms with Gasteiger partial charge >= 0.3 is 0 Å². The van der Waals surface area contributed by atoms with Crippen molar-refractivity contribution in [1.29, 1.82) is 0 Å². The Hall–Kier alpha value is -1.98. The van der Waals surface area contributed by atoms with Crippen molar-refractivity contribution in [2.45, 2.75) is 34.1 Å². The number of aryl methyl sites for hydroxylation is 1. The summed E-state index contributed by atoms with van der Waals surface area (Å²) in [6.07, 6.45) is 2.58. The van der Waals surface area contributed by atoms with E-state index in [-0.39, 0.29) is 11.1 Å².